The molecule has 0 aliphatic carbocycles. The highest BCUT2D eigenvalue weighted by Gasteiger charge is 2.09. The number of benzene rings is 1. The maximum atomic E-state index is 9.05. The fourth-order valence-electron chi connectivity index (χ4n) is 1.96. The third kappa shape index (κ3) is 4.59. The molecule has 1 aromatic heterocycles. The number of nitrogens with zero attached hydrogens (tertiary/aromatic N) is 1. The van der Waals surface area contributed by atoms with E-state index >= 15 is 0 Å². The highest BCUT2D eigenvalue weighted by Crippen LogP contribution is 2.25. The molecule has 1 heterocycles. The van der Waals surface area contributed by atoms with Gasteiger partial charge in [-0.25, -0.2) is 4.98 Å². The summed E-state index contributed by atoms with van der Waals surface area (Å²) >= 11 is 3.52. The van der Waals surface area contributed by atoms with Crippen LogP contribution in [0.4, 0.5) is 0 Å². The predicted molar refractivity (Wildman–Crippen MR) is 88.3 cm³/mol. The minimum Gasteiger partial charge on any atom is -0.396 e. The van der Waals surface area contributed by atoms with Crippen molar-refractivity contribution in [3.63, 3.8) is 0 Å². The van der Waals surface area contributed by atoms with E-state index in [9.17, 15) is 0 Å². The summed E-state index contributed by atoms with van der Waals surface area (Å²) in [7, 11) is 0. The maximum absolute atomic E-state index is 9.05. The number of hydrogen-bond donors (Lipinski definition) is 2. The van der Waals surface area contributed by atoms with Crippen molar-refractivity contribution in [2.75, 3.05) is 18.6 Å². The Bertz CT molecular complexity index is 496. The third-order valence-corrected chi connectivity index (χ3v) is 4.78. The second kappa shape index (κ2) is 8.42. The Balaban J connectivity index is 1.92. The Labute approximate surface area is 128 Å². The molecule has 0 aliphatic rings. The van der Waals surface area contributed by atoms with E-state index in [4.69, 9.17) is 5.11 Å². The van der Waals surface area contributed by atoms with Crippen molar-refractivity contribution in [1.82, 2.24) is 10.3 Å². The zero-order valence-corrected chi connectivity index (χ0v) is 13.2. The largest absolute Gasteiger partial charge is 0.396 e. The summed E-state index contributed by atoms with van der Waals surface area (Å²) in [5.74, 6) is 1.01. The van der Waals surface area contributed by atoms with Crippen molar-refractivity contribution in [2.24, 2.45) is 0 Å². The molecular weight excluding hydrogens is 288 g/mol. The zero-order chi connectivity index (χ0) is 14.2. The van der Waals surface area contributed by atoms with Crippen LogP contribution in [-0.4, -0.2) is 34.7 Å². The molecule has 0 spiro atoms. The van der Waals surface area contributed by atoms with E-state index in [0.29, 0.717) is 6.04 Å². The molecule has 0 aliphatic heterocycles. The molecule has 0 saturated carbocycles. The molecule has 1 atom stereocenters. The smallest absolute Gasteiger partial charge is 0.107 e. The van der Waals surface area contributed by atoms with Crippen molar-refractivity contribution in [3.05, 3.63) is 41.5 Å². The van der Waals surface area contributed by atoms with Gasteiger partial charge in [-0.05, 0) is 18.2 Å². The first kappa shape index (κ1) is 15.5. The van der Waals surface area contributed by atoms with E-state index < -0.39 is 0 Å². The van der Waals surface area contributed by atoms with Crippen LogP contribution in [-0.2, 0) is 6.54 Å². The number of nitrogens with one attached hydrogen (secondary N) is 1. The SMILES string of the molecule is CSCC(CCO)NCc1ncc(-c2ccccc2)s1. The van der Waals surface area contributed by atoms with Crippen LogP contribution in [0.15, 0.2) is 36.5 Å². The molecule has 2 rings (SSSR count). The number of rotatable bonds is 8. The fourth-order valence-corrected chi connectivity index (χ4v) is 3.52. The number of hydrogen-bond acceptors (Lipinski definition) is 5. The topological polar surface area (TPSA) is 45.1 Å². The molecule has 0 amide bonds. The Kier molecular flexibility index (Phi) is 6.53. The molecule has 3 nitrogen and oxygen atoms in total. The molecule has 108 valence electrons. The monoisotopic (exact) mass is 308 g/mol. The lowest BCUT2D eigenvalue weighted by Gasteiger charge is -2.15. The van der Waals surface area contributed by atoms with Gasteiger partial charge in [-0.3, -0.25) is 0 Å². The summed E-state index contributed by atoms with van der Waals surface area (Å²) in [6.07, 6.45) is 4.81. The average molecular weight is 308 g/mol. The van der Waals surface area contributed by atoms with Crippen molar-refractivity contribution < 1.29 is 5.11 Å². The van der Waals surface area contributed by atoms with E-state index in [2.05, 4.69) is 28.7 Å². The minimum atomic E-state index is 0.228. The fraction of sp³-hybridized carbons (Fsp3) is 0.400. The average Bonchev–Trinajstić information content (AvgIpc) is 2.95. The molecule has 0 bridgehead atoms. The summed E-state index contributed by atoms with van der Waals surface area (Å²) in [5, 5.41) is 13.6. The van der Waals surface area contributed by atoms with Crippen molar-refractivity contribution in [2.45, 2.75) is 19.0 Å². The highest BCUT2D eigenvalue weighted by atomic mass is 32.2. The van der Waals surface area contributed by atoms with Crippen LogP contribution in [0.2, 0.25) is 0 Å². The summed E-state index contributed by atoms with van der Waals surface area (Å²) in [4.78, 5) is 5.67. The van der Waals surface area contributed by atoms with Crippen LogP contribution in [0.5, 0.6) is 0 Å². The van der Waals surface area contributed by atoms with Gasteiger partial charge in [0, 0.05) is 31.1 Å². The van der Waals surface area contributed by atoms with E-state index in [1.54, 1.807) is 23.1 Å². The van der Waals surface area contributed by atoms with Crippen molar-refractivity contribution in [3.8, 4) is 10.4 Å². The summed E-state index contributed by atoms with van der Waals surface area (Å²) < 4.78 is 0. The van der Waals surface area contributed by atoms with E-state index in [0.717, 1.165) is 23.7 Å². The van der Waals surface area contributed by atoms with Gasteiger partial charge in [0.05, 0.1) is 4.88 Å². The Morgan fingerprint density at radius 2 is 2.15 bits per heavy atom. The van der Waals surface area contributed by atoms with E-state index in [1.165, 1.54) is 10.4 Å². The Hall–Kier alpha value is -0.880. The first-order chi connectivity index (χ1) is 9.83. The van der Waals surface area contributed by atoms with Crippen LogP contribution < -0.4 is 5.32 Å². The number of aliphatic hydroxyl groups is 1. The normalized spacial score (nSPS) is 12.5. The second-order valence-corrected chi connectivity index (χ2v) is 6.56. The predicted octanol–water partition coefficient (Wildman–Crippen LogP) is 3.01. The van der Waals surface area contributed by atoms with Crippen molar-refractivity contribution >= 4 is 23.1 Å². The van der Waals surface area contributed by atoms with Gasteiger partial charge >= 0.3 is 0 Å². The van der Waals surface area contributed by atoms with Gasteiger partial charge in [0.1, 0.15) is 5.01 Å². The third-order valence-electron chi connectivity index (χ3n) is 3.00. The molecule has 2 N–H and O–H groups in total. The first-order valence-corrected chi connectivity index (χ1v) is 8.88. The molecule has 5 heteroatoms. The summed E-state index contributed by atoms with van der Waals surface area (Å²) in [5.41, 5.74) is 1.22. The van der Waals surface area contributed by atoms with Gasteiger partial charge in [0.15, 0.2) is 0 Å². The minimum absolute atomic E-state index is 0.228. The summed E-state index contributed by atoms with van der Waals surface area (Å²) in [6.45, 7) is 0.994. The van der Waals surface area contributed by atoms with Crippen LogP contribution >= 0.6 is 23.1 Å². The molecule has 0 radical (unpaired) electrons. The molecule has 0 fully saturated rings. The number of thioether (sulfide) groups is 1. The lowest BCUT2D eigenvalue weighted by molar-refractivity contribution is 0.269. The molecule has 20 heavy (non-hydrogen) atoms. The molecule has 1 unspecified atom stereocenters. The van der Waals surface area contributed by atoms with Gasteiger partial charge in [0.25, 0.3) is 0 Å². The standard InChI is InChI=1S/C15H20N2OS2/c1-19-11-13(7-8-18)16-10-15-17-9-14(20-15)12-5-3-2-4-6-12/h2-6,9,13,16,18H,7-8,10-11H2,1H3. The molecular formula is C15H20N2OS2. The zero-order valence-electron chi connectivity index (χ0n) is 11.6. The maximum Gasteiger partial charge on any atom is 0.107 e. The molecule has 1 aromatic carbocycles. The Morgan fingerprint density at radius 1 is 1.35 bits per heavy atom. The number of thiazole rings is 1. The summed E-state index contributed by atoms with van der Waals surface area (Å²) in [6, 6.07) is 10.7. The van der Waals surface area contributed by atoms with Gasteiger partial charge in [-0.1, -0.05) is 30.3 Å². The van der Waals surface area contributed by atoms with E-state index in [-0.39, 0.29) is 6.61 Å². The van der Waals surface area contributed by atoms with Crippen LogP contribution in [0.1, 0.15) is 11.4 Å². The van der Waals surface area contributed by atoms with Crippen LogP contribution in [0, 0.1) is 0 Å². The quantitative estimate of drug-likeness (QED) is 0.787. The highest BCUT2D eigenvalue weighted by molar-refractivity contribution is 7.98. The van der Waals surface area contributed by atoms with Gasteiger partial charge in [-0.2, -0.15) is 11.8 Å². The van der Waals surface area contributed by atoms with Gasteiger partial charge in [-0.15, -0.1) is 11.3 Å². The number of aliphatic hydroxyl groups excluding tert-OH is 1. The first-order valence-electron chi connectivity index (χ1n) is 6.66. The molecule has 2 aromatic rings. The van der Waals surface area contributed by atoms with E-state index in [1.807, 2.05) is 24.4 Å². The van der Waals surface area contributed by atoms with Crippen LogP contribution in [0.25, 0.3) is 10.4 Å². The Morgan fingerprint density at radius 3 is 2.85 bits per heavy atom. The second-order valence-electron chi connectivity index (χ2n) is 4.53. The lowest BCUT2D eigenvalue weighted by atomic mass is 10.2. The number of aromatic nitrogens is 1. The molecule has 0 saturated heterocycles. The van der Waals surface area contributed by atoms with Gasteiger partial charge in [0.2, 0.25) is 0 Å². The van der Waals surface area contributed by atoms with Crippen molar-refractivity contribution in [1.29, 1.82) is 0 Å². The lowest BCUT2D eigenvalue weighted by Crippen LogP contribution is -2.31. The van der Waals surface area contributed by atoms with Gasteiger partial charge < -0.3 is 10.4 Å². The van der Waals surface area contributed by atoms with Crippen LogP contribution in [0.3, 0.4) is 0 Å².